The molecule has 1 fully saturated rings. The predicted molar refractivity (Wildman–Crippen MR) is 122 cm³/mol. The van der Waals surface area contributed by atoms with Gasteiger partial charge in [-0.2, -0.15) is 8.62 Å². The first kappa shape index (κ1) is 30.8. The Labute approximate surface area is 222 Å². The number of benzene rings is 1. The number of halogens is 1. The molecule has 0 radical (unpaired) electrons. The third kappa shape index (κ3) is 6.84. The van der Waals surface area contributed by atoms with Gasteiger partial charge in [-0.1, -0.05) is 11.2 Å². The summed E-state index contributed by atoms with van der Waals surface area (Å²) in [6.45, 7) is -1.48. The van der Waals surface area contributed by atoms with E-state index in [9.17, 15) is 48.0 Å². The van der Waals surface area contributed by atoms with Gasteiger partial charge in [0.25, 0.3) is 5.91 Å². The normalized spacial score (nSPS) is 28.7. The van der Waals surface area contributed by atoms with Crippen molar-refractivity contribution in [2.75, 3.05) is 6.61 Å². The molecule has 3 heterocycles. The summed E-state index contributed by atoms with van der Waals surface area (Å²) in [7, 11) is -17.0. The highest BCUT2D eigenvalue weighted by molar-refractivity contribution is 7.66. The van der Waals surface area contributed by atoms with Crippen LogP contribution in [0.15, 0.2) is 35.0 Å². The first-order valence-corrected chi connectivity index (χ1v) is 15.3. The Morgan fingerprint density at radius 3 is 2.40 bits per heavy atom. The van der Waals surface area contributed by atoms with Gasteiger partial charge in [-0.3, -0.25) is 14.2 Å². The van der Waals surface area contributed by atoms with Crippen molar-refractivity contribution in [1.82, 2.24) is 15.0 Å². The molecule has 1 saturated heterocycles. The second-order valence-electron chi connectivity index (χ2n) is 8.25. The smallest absolute Gasteiger partial charge is 0.387 e. The molecule has 1 aromatic carbocycles. The van der Waals surface area contributed by atoms with E-state index in [1.165, 1.54) is 12.1 Å². The van der Waals surface area contributed by atoms with Crippen LogP contribution < -0.4 is 0 Å². The van der Waals surface area contributed by atoms with Crippen LogP contribution in [0.5, 0.6) is 0 Å². The highest BCUT2D eigenvalue weighted by Crippen LogP contribution is 2.66. The molecule has 1 aromatic heterocycles. The minimum absolute atomic E-state index is 0.0824. The lowest BCUT2D eigenvalue weighted by Gasteiger charge is -2.41. The van der Waals surface area contributed by atoms with E-state index in [1.807, 2.05) is 0 Å². The number of rotatable bonds is 10. The number of phosphoric acid groups is 3. The summed E-state index contributed by atoms with van der Waals surface area (Å²) in [6, 6.07) is 3.99. The Balaban J connectivity index is 1.43. The average Bonchev–Trinajstić information content (AvgIpc) is 3.35. The van der Waals surface area contributed by atoms with Gasteiger partial charge in [0.1, 0.15) is 24.0 Å². The van der Waals surface area contributed by atoms with E-state index < -0.39 is 79.2 Å². The fourth-order valence-electron chi connectivity index (χ4n) is 3.81. The van der Waals surface area contributed by atoms with Crippen molar-refractivity contribution in [3.8, 4) is 0 Å². The Morgan fingerprint density at radius 2 is 1.73 bits per heavy atom. The number of nitrogens with zero attached hydrogens (tertiary/aromatic N) is 3. The van der Waals surface area contributed by atoms with Crippen molar-refractivity contribution in [3.63, 3.8) is 0 Å². The van der Waals surface area contributed by atoms with Gasteiger partial charge in [0, 0.05) is 17.7 Å². The SMILES string of the molecule is O=C1C=CN([C@@H]2O[C@H](COP(=O)(O)OP(=O)(O)OP(=O)(O)O)[C@H](O)[C@@H]2O)C(O)N1Cc1noc2c(F)cccc12. The second-order valence-corrected chi connectivity index (χ2v) is 12.7. The fourth-order valence-corrected chi connectivity index (χ4v) is 6.84. The maximum atomic E-state index is 13.9. The van der Waals surface area contributed by atoms with Crippen LogP contribution in [-0.4, -0.2) is 93.3 Å². The van der Waals surface area contributed by atoms with E-state index in [0.717, 1.165) is 28.1 Å². The molecular formula is C17H21FN3O16P3. The topological polar surface area (TPSA) is 279 Å². The molecule has 2 aliphatic rings. The Kier molecular flexibility index (Phi) is 8.69. The first-order valence-electron chi connectivity index (χ1n) is 10.7. The number of para-hydroxylation sites is 1. The van der Waals surface area contributed by atoms with Crippen LogP contribution in [0.3, 0.4) is 0 Å². The van der Waals surface area contributed by atoms with Crippen LogP contribution in [-0.2, 0) is 42.9 Å². The maximum absolute atomic E-state index is 13.9. The number of phosphoric ester groups is 1. The maximum Gasteiger partial charge on any atom is 0.490 e. The van der Waals surface area contributed by atoms with Crippen LogP contribution in [0.2, 0.25) is 0 Å². The number of carbonyl (C=O) groups excluding carboxylic acids is 1. The molecule has 7 N–H and O–H groups in total. The van der Waals surface area contributed by atoms with E-state index in [-0.39, 0.29) is 16.7 Å². The molecule has 0 aliphatic carbocycles. The van der Waals surface area contributed by atoms with Crippen LogP contribution in [0.25, 0.3) is 11.0 Å². The number of fused-ring (bicyclic) bond motifs is 1. The van der Waals surface area contributed by atoms with E-state index in [4.69, 9.17) is 19.0 Å². The minimum atomic E-state index is -5.80. The van der Waals surface area contributed by atoms with E-state index in [0.29, 0.717) is 0 Å². The van der Waals surface area contributed by atoms with E-state index in [2.05, 4.69) is 18.3 Å². The molecule has 40 heavy (non-hydrogen) atoms. The minimum Gasteiger partial charge on any atom is -0.387 e. The quantitative estimate of drug-likeness (QED) is 0.157. The number of aliphatic hydroxyl groups is 3. The summed E-state index contributed by atoms with van der Waals surface area (Å²) in [5.41, 5.74) is -0.0979. The number of aliphatic hydroxyl groups excluding tert-OH is 3. The van der Waals surface area contributed by atoms with Crippen molar-refractivity contribution in [1.29, 1.82) is 0 Å². The summed E-state index contributed by atoms with van der Waals surface area (Å²) >= 11 is 0. The van der Waals surface area contributed by atoms with Crippen molar-refractivity contribution in [2.45, 2.75) is 37.4 Å². The van der Waals surface area contributed by atoms with E-state index in [1.54, 1.807) is 0 Å². The van der Waals surface area contributed by atoms with Crippen molar-refractivity contribution in [2.24, 2.45) is 0 Å². The molecule has 7 atom stereocenters. The van der Waals surface area contributed by atoms with Crippen molar-refractivity contribution in [3.05, 3.63) is 42.0 Å². The number of amides is 1. The molecular weight excluding hydrogens is 614 g/mol. The van der Waals surface area contributed by atoms with Crippen LogP contribution >= 0.6 is 23.5 Å². The lowest BCUT2D eigenvalue weighted by atomic mass is 10.1. The molecule has 2 aliphatic heterocycles. The number of hydrogen-bond donors (Lipinski definition) is 7. The Morgan fingerprint density at radius 1 is 1.02 bits per heavy atom. The summed E-state index contributed by atoms with van der Waals surface area (Å²) in [4.78, 5) is 50.1. The monoisotopic (exact) mass is 635 g/mol. The van der Waals surface area contributed by atoms with Gasteiger partial charge in [-0.15, -0.1) is 0 Å². The van der Waals surface area contributed by atoms with Crippen LogP contribution in [0.1, 0.15) is 5.69 Å². The summed E-state index contributed by atoms with van der Waals surface area (Å²) in [5.74, 6) is -1.43. The number of carbonyl (C=O) groups is 1. The number of hydrogen-bond acceptors (Lipinski definition) is 14. The third-order valence-corrected chi connectivity index (χ3v) is 9.31. The van der Waals surface area contributed by atoms with Gasteiger partial charge in [0.15, 0.2) is 12.0 Å². The Bertz CT molecular complexity index is 1450. The highest BCUT2D eigenvalue weighted by atomic mass is 31.3. The summed E-state index contributed by atoms with van der Waals surface area (Å²) in [5, 5.41) is 35.6. The molecule has 0 saturated carbocycles. The molecule has 2 aromatic rings. The average molecular weight is 635 g/mol. The van der Waals surface area contributed by atoms with Crippen LogP contribution in [0.4, 0.5) is 4.39 Å². The van der Waals surface area contributed by atoms with Crippen molar-refractivity contribution >= 4 is 40.3 Å². The van der Waals surface area contributed by atoms with Crippen molar-refractivity contribution < 1.29 is 80.2 Å². The zero-order valence-electron chi connectivity index (χ0n) is 19.6. The van der Waals surface area contributed by atoms with Gasteiger partial charge in [-0.05, 0) is 12.1 Å². The lowest BCUT2D eigenvalue weighted by molar-refractivity contribution is -0.192. The molecule has 222 valence electrons. The summed E-state index contributed by atoms with van der Waals surface area (Å²) < 4.78 is 69.9. The molecule has 0 bridgehead atoms. The van der Waals surface area contributed by atoms with Crippen LogP contribution in [0, 0.1) is 5.82 Å². The largest absolute Gasteiger partial charge is 0.490 e. The number of aromatic nitrogens is 1. The molecule has 23 heteroatoms. The molecule has 0 spiro atoms. The fraction of sp³-hybridized carbons (Fsp3) is 0.412. The summed E-state index contributed by atoms with van der Waals surface area (Å²) in [6.07, 6.45) is -6.77. The predicted octanol–water partition coefficient (Wildman–Crippen LogP) is -0.809. The molecule has 1 amide bonds. The third-order valence-electron chi connectivity index (χ3n) is 5.51. The first-order chi connectivity index (χ1) is 18.5. The van der Waals surface area contributed by atoms with Gasteiger partial charge >= 0.3 is 23.5 Å². The molecule has 4 rings (SSSR count). The standard InChI is InChI=1S/C17H21FN3O16P3/c18-9-3-1-2-8-10(19-35-15(8)9)6-21-12(22)4-5-20(17(21)25)16-14(24)13(23)11(34-16)7-33-39(29,30)37-40(31,32)36-38(26,27)28/h1-5,11,13-14,16-17,23-25H,6-7H2,(H,29,30)(H,31,32)(H2,26,27,28)/t11-,13+,14+,16-,17?/m1/s1. The van der Waals surface area contributed by atoms with Gasteiger partial charge in [0.2, 0.25) is 11.9 Å². The zero-order valence-corrected chi connectivity index (χ0v) is 22.2. The van der Waals surface area contributed by atoms with Gasteiger partial charge in [-0.25, -0.2) is 18.1 Å². The van der Waals surface area contributed by atoms with Gasteiger partial charge in [0.05, 0.1) is 13.2 Å². The molecule has 19 nitrogen and oxygen atoms in total. The van der Waals surface area contributed by atoms with E-state index >= 15 is 0 Å². The number of ether oxygens (including phenoxy) is 1. The van der Waals surface area contributed by atoms with Gasteiger partial charge < -0.3 is 49.1 Å². The zero-order chi connectivity index (χ0) is 29.6. The highest BCUT2D eigenvalue weighted by Gasteiger charge is 2.49. The Hall–Kier alpha value is -2.12. The second kappa shape index (κ2) is 11.3. The lowest BCUT2D eigenvalue weighted by Crippen LogP contribution is -2.56. The molecule has 3 unspecified atom stereocenters.